The molecule has 0 spiro atoms. The van der Waals surface area contributed by atoms with Gasteiger partial charge in [0.15, 0.2) is 5.75 Å². The summed E-state index contributed by atoms with van der Waals surface area (Å²) in [6.07, 6.45) is 0. The van der Waals surface area contributed by atoms with E-state index in [1.807, 2.05) is 0 Å². The largest absolute Gasteiger partial charge is 0.505 e. The average molecular weight is 573 g/mol. The fraction of sp³-hybridized carbons (Fsp3) is 0. The smallest absolute Gasteiger partial charge is 0.296 e. The van der Waals surface area contributed by atoms with Crippen LogP contribution in [0.25, 0.3) is 10.8 Å². The molecule has 16 heteroatoms. The molecule has 0 saturated carbocycles. The highest BCUT2D eigenvalue weighted by molar-refractivity contribution is 7.86. The Morgan fingerprint density at radius 2 is 1.51 bits per heavy atom. The van der Waals surface area contributed by atoms with Crippen molar-refractivity contribution < 1.29 is 40.8 Å². The Morgan fingerprint density at radius 1 is 0.872 bits per heavy atom. The molecule has 0 fully saturated rings. The van der Waals surface area contributed by atoms with Gasteiger partial charge in [0.2, 0.25) is 0 Å². The maximum absolute atomic E-state index is 12.8. The third-order valence-corrected chi connectivity index (χ3v) is 7.01. The van der Waals surface area contributed by atoms with Crippen LogP contribution in [0.1, 0.15) is 10.4 Å². The van der Waals surface area contributed by atoms with Crippen molar-refractivity contribution in [2.45, 2.75) is 9.79 Å². The van der Waals surface area contributed by atoms with Crippen LogP contribution in [-0.2, 0) is 20.2 Å². The minimum atomic E-state index is -5.10. The average Bonchev–Trinajstić information content (AvgIpc) is 2.87. The van der Waals surface area contributed by atoms with Gasteiger partial charge in [-0.05, 0) is 47.9 Å². The fourth-order valence-corrected chi connectivity index (χ4v) is 4.73. The van der Waals surface area contributed by atoms with Crippen molar-refractivity contribution in [2.75, 3.05) is 5.32 Å². The lowest BCUT2D eigenvalue weighted by atomic mass is 10.1. The summed E-state index contributed by atoms with van der Waals surface area (Å²) in [5.74, 6) is -1.66. The predicted molar refractivity (Wildman–Crippen MR) is 137 cm³/mol. The number of anilines is 1. The molecule has 4 aromatic rings. The van der Waals surface area contributed by atoms with Gasteiger partial charge in [0, 0.05) is 23.1 Å². The summed E-state index contributed by atoms with van der Waals surface area (Å²) in [5, 5.41) is 31.2. The molecule has 4 rings (SSSR count). The lowest BCUT2D eigenvalue weighted by Crippen LogP contribution is -2.13. The summed E-state index contributed by atoms with van der Waals surface area (Å²) < 4.78 is 67.4. The molecule has 0 atom stereocenters. The van der Waals surface area contributed by atoms with E-state index in [0.717, 1.165) is 30.3 Å². The number of phenols is 1. The first-order valence-electron chi connectivity index (χ1n) is 10.6. The molecule has 0 unspecified atom stereocenters. The highest BCUT2D eigenvalue weighted by atomic mass is 32.2. The molecule has 1 amide bonds. The number of non-ortho nitro benzene ring substituents is 1. The van der Waals surface area contributed by atoms with Crippen molar-refractivity contribution in [3.8, 4) is 5.75 Å². The molecule has 0 aliphatic carbocycles. The molecule has 0 aliphatic rings. The van der Waals surface area contributed by atoms with Gasteiger partial charge in [-0.25, -0.2) is 0 Å². The van der Waals surface area contributed by atoms with E-state index in [9.17, 15) is 46.0 Å². The number of benzene rings is 4. The van der Waals surface area contributed by atoms with E-state index in [0.29, 0.717) is 0 Å². The number of phenolic OH excluding ortho intramolecular Hbond substituents is 1. The van der Waals surface area contributed by atoms with Crippen LogP contribution in [0.2, 0.25) is 0 Å². The first-order chi connectivity index (χ1) is 18.3. The van der Waals surface area contributed by atoms with Crippen molar-refractivity contribution in [3.63, 3.8) is 0 Å². The number of azo groups is 1. The lowest BCUT2D eigenvalue weighted by molar-refractivity contribution is -0.384. The molecule has 0 bridgehead atoms. The summed E-state index contributed by atoms with van der Waals surface area (Å²) in [5.41, 5.74) is -1.22. The van der Waals surface area contributed by atoms with Crippen molar-refractivity contribution in [1.82, 2.24) is 0 Å². The van der Waals surface area contributed by atoms with Gasteiger partial charge in [-0.15, -0.1) is 5.11 Å². The van der Waals surface area contributed by atoms with Crippen LogP contribution in [0.5, 0.6) is 5.75 Å². The van der Waals surface area contributed by atoms with Crippen molar-refractivity contribution in [2.24, 2.45) is 10.2 Å². The topological polar surface area (TPSA) is 226 Å². The number of nitro groups is 1. The maximum atomic E-state index is 12.8. The van der Waals surface area contributed by atoms with E-state index in [2.05, 4.69) is 15.5 Å². The molecule has 0 aliphatic heterocycles. The zero-order valence-electron chi connectivity index (χ0n) is 19.3. The number of nitrogens with zero attached hydrogens (tertiary/aromatic N) is 3. The Labute approximate surface area is 219 Å². The molecule has 4 N–H and O–H groups in total. The van der Waals surface area contributed by atoms with Crippen LogP contribution in [0.4, 0.5) is 22.7 Å². The number of rotatable bonds is 7. The van der Waals surface area contributed by atoms with Gasteiger partial charge in [-0.2, -0.15) is 21.9 Å². The monoisotopic (exact) mass is 572 g/mol. The number of nitrogens with one attached hydrogen (secondary N) is 1. The number of nitro benzene ring substituents is 1. The van der Waals surface area contributed by atoms with E-state index in [4.69, 9.17) is 0 Å². The Bertz CT molecular complexity index is 1870. The maximum Gasteiger partial charge on any atom is 0.296 e. The first-order valence-corrected chi connectivity index (χ1v) is 13.4. The second-order valence-corrected chi connectivity index (χ2v) is 10.7. The Kier molecular flexibility index (Phi) is 7.12. The minimum Gasteiger partial charge on any atom is -0.505 e. The predicted octanol–water partition coefficient (Wildman–Crippen LogP) is 4.61. The van der Waals surface area contributed by atoms with Crippen LogP contribution >= 0.6 is 0 Å². The van der Waals surface area contributed by atoms with E-state index in [1.165, 1.54) is 24.3 Å². The lowest BCUT2D eigenvalue weighted by Gasteiger charge is -2.15. The van der Waals surface area contributed by atoms with Gasteiger partial charge >= 0.3 is 0 Å². The Morgan fingerprint density at radius 3 is 2.08 bits per heavy atom. The second kappa shape index (κ2) is 10.2. The second-order valence-electron chi connectivity index (χ2n) is 7.88. The Balaban J connectivity index is 1.96. The third-order valence-electron chi connectivity index (χ3n) is 5.31. The van der Waals surface area contributed by atoms with Crippen LogP contribution in [0.3, 0.4) is 0 Å². The van der Waals surface area contributed by atoms with Gasteiger partial charge in [0.1, 0.15) is 10.6 Å². The zero-order valence-corrected chi connectivity index (χ0v) is 20.9. The van der Waals surface area contributed by atoms with Gasteiger partial charge in [-0.1, -0.05) is 18.2 Å². The van der Waals surface area contributed by atoms with E-state index < -0.39 is 52.3 Å². The van der Waals surface area contributed by atoms with Crippen molar-refractivity contribution in [1.29, 1.82) is 0 Å². The molecule has 0 aromatic heterocycles. The molecule has 0 heterocycles. The molecular formula is C23H16N4O10S2. The highest BCUT2D eigenvalue weighted by Crippen LogP contribution is 2.45. The number of fused-ring (bicyclic) bond motifs is 1. The minimum absolute atomic E-state index is 0.0145. The quantitative estimate of drug-likeness (QED) is 0.104. The first kappa shape index (κ1) is 27.3. The summed E-state index contributed by atoms with van der Waals surface area (Å²) >= 11 is 0. The molecule has 200 valence electrons. The molecule has 4 aromatic carbocycles. The van der Waals surface area contributed by atoms with Gasteiger partial charge in [0.05, 0.1) is 21.2 Å². The van der Waals surface area contributed by atoms with E-state index in [1.54, 1.807) is 18.2 Å². The van der Waals surface area contributed by atoms with Crippen LogP contribution < -0.4 is 5.32 Å². The van der Waals surface area contributed by atoms with Crippen molar-refractivity contribution in [3.05, 3.63) is 88.5 Å². The summed E-state index contributed by atoms with van der Waals surface area (Å²) in [6, 6.07) is 14.7. The summed E-state index contributed by atoms with van der Waals surface area (Å²) in [6.45, 7) is 0. The molecule has 0 radical (unpaired) electrons. The number of carbonyl (C=O) groups is 1. The van der Waals surface area contributed by atoms with Gasteiger partial charge in [-0.3, -0.25) is 24.0 Å². The number of aromatic hydroxyl groups is 1. The number of carbonyl (C=O) groups excluding carboxylic acids is 1. The van der Waals surface area contributed by atoms with Crippen LogP contribution in [0, 0.1) is 10.1 Å². The Hall–Kier alpha value is -4.77. The van der Waals surface area contributed by atoms with E-state index in [-0.39, 0.29) is 33.4 Å². The summed E-state index contributed by atoms with van der Waals surface area (Å²) in [4.78, 5) is 21.3. The van der Waals surface area contributed by atoms with Crippen molar-refractivity contribution >= 4 is 59.7 Å². The number of hydrogen-bond acceptors (Lipinski definition) is 10. The van der Waals surface area contributed by atoms with E-state index >= 15 is 0 Å². The highest BCUT2D eigenvalue weighted by Gasteiger charge is 2.26. The SMILES string of the molecule is O=C(Nc1cc(S(=O)(=O)O)cc2cc(S(=O)(=O)O)c(N=Nc3ccc([N+](=O)[O-])cc3)c(O)c12)c1ccccc1. The fourth-order valence-electron chi connectivity index (χ4n) is 3.53. The summed E-state index contributed by atoms with van der Waals surface area (Å²) in [7, 11) is -9.98. The molecular weight excluding hydrogens is 556 g/mol. The third kappa shape index (κ3) is 5.88. The number of amides is 1. The van der Waals surface area contributed by atoms with Gasteiger partial charge in [0.25, 0.3) is 31.8 Å². The van der Waals surface area contributed by atoms with Gasteiger partial charge < -0.3 is 10.4 Å². The normalized spacial score (nSPS) is 12.1. The molecule has 14 nitrogen and oxygen atoms in total. The standard InChI is InChI=1S/C23H16N4O10S2/c28-22-20-14(10-17(38(32,33)34)12-18(20)24-23(29)13-4-2-1-3-5-13)11-19(39(35,36)37)21(22)26-25-15-6-8-16(9-7-15)27(30)31/h1-12,28H,(H,24,29)(H,32,33,34)(H,35,36,37). The number of hydrogen-bond donors (Lipinski definition) is 4. The van der Waals surface area contributed by atoms with Crippen LogP contribution in [-0.4, -0.2) is 41.9 Å². The zero-order chi connectivity index (χ0) is 28.5. The molecule has 39 heavy (non-hydrogen) atoms. The van der Waals surface area contributed by atoms with Crippen LogP contribution in [0.15, 0.2) is 92.8 Å². The molecule has 0 saturated heterocycles.